The smallest absolute Gasteiger partial charge is 0.141 e. The molecular weight excluding hydrogens is 1010 g/mol. The lowest BCUT2D eigenvalue weighted by molar-refractivity contribution is -0.0000147. The SMILES string of the molecule is CC(C)(C)c1ccc2c(c1)-c1cc(C(C)(C)C)ccc1C2.CC(C)(C)c1ccc2c(c1)c1cc(C(C)(C)C)ccc1n2-c1ccc(Br)cc1C#N.N#Cc1cc(Br)ccc1F.[I-]. The number of aromatic nitrogens is 1. The molecule has 1 heterocycles. The van der Waals surface area contributed by atoms with Crippen molar-refractivity contribution in [2.45, 2.75) is 111 Å². The van der Waals surface area contributed by atoms with Gasteiger partial charge in [0.2, 0.25) is 0 Å². The van der Waals surface area contributed by atoms with E-state index in [1.165, 1.54) is 67.4 Å². The average molecular weight is 1060 g/mol. The zero-order valence-electron chi connectivity index (χ0n) is 38.0. The highest BCUT2D eigenvalue weighted by atomic mass is 127. The molecule has 0 radical (unpaired) electrons. The van der Waals surface area contributed by atoms with Crippen molar-refractivity contribution in [2.24, 2.45) is 0 Å². The van der Waals surface area contributed by atoms with Gasteiger partial charge in [-0.2, -0.15) is 10.5 Å². The highest BCUT2D eigenvalue weighted by Gasteiger charge is 2.25. The minimum atomic E-state index is -0.481. The van der Waals surface area contributed by atoms with E-state index in [1.807, 2.05) is 18.2 Å². The third kappa shape index (κ3) is 10.6. The molecule has 0 atom stereocenters. The molecule has 0 saturated carbocycles. The number of hydrogen-bond donors (Lipinski definition) is 0. The minimum Gasteiger partial charge on any atom is -1.00 e. The number of nitrogens with zero attached hydrogens (tertiary/aromatic N) is 3. The van der Waals surface area contributed by atoms with Crippen molar-refractivity contribution in [3.05, 3.63) is 168 Å². The summed E-state index contributed by atoms with van der Waals surface area (Å²) in [6.45, 7) is 27.2. The summed E-state index contributed by atoms with van der Waals surface area (Å²) in [4.78, 5) is 0. The molecule has 0 saturated heterocycles. The second-order valence-corrected chi connectivity index (χ2v) is 22.1. The van der Waals surface area contributed by atoms with Gasteiger partial charge in [-0.1, -0.05) is 163 Å². The number of halogens is 4. The molecule has 0 unspecified atom stereocenters. The highest BCUT2D eigenvalue weighted by Crippen LogP contribution is 2.42. The standard InChI is InChI=1S/C27H27BrN2.C21H26.C7H3BrFN.HI/c1-26(2,3)18-7-10-24-21(14-18)22-15-19(27(4,5)6)8-11-25(22)30(24)23-12-9-20(28)13-17(23)16-29;1-20(2,3)16-9-7-14-11-15-8-10-17(21(4,5)6)13-19(15)18(14)12-16;8-6-1-2-7(9)5(3-6)4-10;/h7-15H,1-6H3;7-10,12-13H,11H2,1-6H3;1-3H;1H/p-1. The van der Waals surface area contributed by atoms with E-state index in [1.54, 1.807) is 12.1 Å². The maximum atomic E-state index is 12.5. The summed E-state index contributed by atoms with van der Waals surface area (Å²) in [5.41, 5.74) is 15.8. The average Bonchev–Trinajstić information content (AvgIpc) is 3.72. The van der Waals surface area contributed by atoms with Crippen molar-refractivity contribution >= 4 is 53.7 Å². The van der Waals surface area contributed by atoms with Crippen LogP contribution in [0.25, 0.3) is 38.6 Å². The van der Waals surface area contributed by atoms with Gasteiger partial charge in [-0.05, 0) is 133 Å². The summed E-state index contributed by atoms with van der Waals surface area (Å²) in [6, 6.07) is 41.8. The largest absolute Gasteiger partial charge is 1.00 e. The van der Waals surface area contributed by atoms with Gasteiger partial charge >= 0.3 is 0 Å². The van der Waals surface area contributed by atoms with E-state index in [2.05, 4.69) is 198 Å². The van der Waals surface area contributed by atoms with Gasteiger partial charge in [-0.15, -0.1) is 0 Å². The molecular formula is C55H56Br2FIN3-. The van der Waals surface area contributed by atoms with E-state index in [-0.39, 0.29) is 51.2 Å². The Balaban J connectivity index is 0.000000196. The highest BCUT2D eigenvalue weighted by molar-refractivity contribution is 9.10. The number of hydrogen-bond acceptors (Lipinski definition) is 2. The first kappa shape index (κ1) is 48.7. The van der Waals surface area contributed by atoms with Gasteiger partial charge in [0, 0.05) is 19.7 Å². The second-order valence-electron chi connectivity index (χ2n) is 20.2. The lowest BCUT2D eigenvalue weighted by Crippen LogP contribution is -3.00. The van der Waals surface area contributed by atoms with Crippen molar-refractivity contribution < 1.29 is 28.4 Å². The van der Waals surface area contributed by atoms with Crippen LogP contribution in [0.1, 0.15) is 128 Å². The fourth-order valence-corrected chi connectivity index (χ4v) is 8.41. The maximum absolute atomic E-state index is 12.5. The molecule has 0 N–H and O–H groups in total. The molecule has 7 aromatic rings. The second kappa shape index (κ2) is 18.4. The van der Waals surface area contributed by atoms with Crippen molar-refractivity contribution in [3.63, 3.8) is 0 Å². The quantitative estimate of drug-likeness (QED) is 0.154. The first-order chi connectivity index (χ1) is 28.4. The fraction of sp³-hybridized carbons (Fsp3) is 0.309. The van der Waals surface area contributed by atoms with Gasteiger partial charge in [0.1, 0.15) is 18.0 Å². The van der Waals surface area contributed by atoms with Crippen molar-refractivity contribution in [1.29, 1.82) is 10.5 Å². The van der Waals surface area contributed by atoms with Crippen LogP contribution in [0, 0.1) is 28.5 Å². The maximum Gasteiger partial charge on any atom is 0.141 e. The van der Waals surface area contributed by atoms with Crippen LogP contribution in [0.5, 0.6) is 0 Å². The number of fused-ring (bicyclic) bond motifs is 6. The number of rotatable bonds is 1. The van der Waals surface area contributed by atoms with Crippen LogP contribution < -0.4 is 24.0 Å². The Labute approximate surface area is 402 Å². The topological polar surface area (TPSA) is 52.5 Å². The Morgan fingerprint density at radius 1 is 0.484 bits per heavy atom. The zero-order valence-corrected chi connectivity index (χ0v) is 43.3. The number of benzene rings is 6. The monoisotopic (exact) mass is 1060 g/mol. The van der Waals surface area contributed by atoms with Gasteiger partial charge in [-0.25, -0.2) is 4.39 Å². The number of nitriles is 2. The van der Waals surface area contributed by atoms with Crippen molar-refractivity contribution in [1.82, 2.24) is 4.57 Å². The molecule has 8 rings (SSSR count). The fourth-order valence-electron chi connectivity index (χ4n) is 7.69. The van der Waals surface area contributed by atoms with Gasteiger partial charge < -0.3 is 28.5 Å². The molecule has 320 valence electrons. The third-order valence-electron chi connectivity index (χ3n) is 11.5. The van der Waals surface area contributed by atoms with Gasteiger partial charge in [0.05, 0.1) is 27.8 Å². The first-order valence-corrected chi connectivity index (χ1v) is 22.4. The summed E-state index contributed by atoms with van der Waals surface area (Å²) in [5, 5.41) is 20.6. The van der Waals surface area contributed by atoms with Gasteiger partial charge in [0.15, 0.2) is 0 Å². The molecule has 0 bridgehead atoms. The van der Waals surface area contributed by atoms with E-state index in [0.29, 0.717) is 10.0 Å². The summed E-state index contributed by atoms with van der Waals surface area (Å²) in [6.07, 6.45) is 1.08. The molecule has 0 spiro atoms. The zero-order chi connectivity index (χ0) is 44.8. The molecule has 62 heavy (non-hydrogen) atoms. The van der Waals surface area contributed by atoms with E-state index in [0.717, 1.165) is 27.6 Å². The predicted octanol–water partition coefficient (Wildman–Crippen LogP) is 13.3. The van der Waals surface area contributed by atoms with E-state index in [9.17, 15) is 9.65 Å². The van der Waals surface area contributed by atoms with Crippen LogP contribution in [0.3, 0.4) is 0 Å². The van der Waals surface area contributed by atoms with Crippen LogP contribution in [-0.2, 0) is 28.1 Å². The van der Waals surface area contributed by atoms with Crippen LogP contribution in [-0.4, -0.2) is 4.57 Å². The first-order valence-electron chi connectivity index (χ1n) is 20.8. The van der Waals surface area contributed by atoms with E-state index >= 15 is 0 Å². The molecule has 0 amide bonds. The molecule has 1 aliphatic rings. The van der Waals surface area contributed by atoms with Crippen molar-refractivity contribution in [3.8, 4) is 29.0 Å². The van der Waals surface area contributed by atoms with Crippen LogP contribution >= 0.6 is 31.9 Å². The summed E-state index contributed by atoms with van der Waals surface area (Å²) < 4.78 is 16.4. The molecule has 0 aliphatic heterocycles. The Morgan fingerprint density at radius 2 is 0.855 bits per heavy atom. The van der Waals surface area contributed by atoms with Gasteiger partial charge in [0.25, 0.3) is 0 Å². The molecule has 7 heteroatoms. The third-order valence-corrected chi connectivity index (χ3v) is 12.5. The van der Waals surface area contributed by atoms with Crippen molar-refractivity contribution in [2.75, 3.05) is 0 Å². The normalized spacial score (nSPS) is 12.2. The van der Waals surface area contributed by atoms with Gasteiger partial charge in [-0.3, -0.25) is 0 Å². The summed E-state index contributed by atoms with van der Waals surface area (Å²) >= 11 is 6.62. The molecule has 3 nitrogen and oxygen atoms in total. The predicted molar refractivity (Wildman–Crippen MR) is 261 cm³/mol. The molecule has 1 aromatic heterocycles. The van der Waals surface area contributed by atoms with Crippen LogP contribution in [0.2, 0.25) is 0 Å². The Bertz CT molecular complexity index is 2750. The Kier molecular flexibility index (Phi) is 14.5. The minimum absolute atomic E-state index is 0. The van der Waals surface area contributed by atoms with Crippen LogP contribution in [0.15, 0.2) is 118 Å². The lowest BCUT2D eigenvalue weighted by atomic mass is 9.83. The summed E-state index contributed by atoms with van der Waals surface area (Å²) in [7, 11) is 0. The Morgan fingerprint density at radius 3 is 1.24 bits per heavy atom. The molecule has 0 fully saturated rings. The van der Waals surface area contributed by atoms with E-state index in [4.69, 9.17) is 5.26 Å². The Hall–Kier alpha value is -4.28. The van der Waals surface area contributed by atoms with Crippen LogP contribution in [0.4, 0.5) is 4.39 Å². The molecule has 6 aromatic carbocycles. The summed E-state index contributed by atoms with van der Waals surface area (Å²) in [5.74, 6) is -0.481. The van der Waals surface area contributed by atoms with E-state index < -0.39 is 5.82 Å². The molecule has 1 aliphatic carbocycles. The lowest BCUT2D eigenvalue weighted by Gasteiger charge is -2.21.